The average Bonchev–Trinajstić information content (AvgIpc) is 3.31. The van der Waals surface area contributed by atoms with Gasteiger partial charge in [-0.05, 0) is 43.0 Å². The summed E-state index contributed by atoms with van der Waals surface area (Å²) in [5, 5.41) is 10.1. The first-order chi connectivity index (χ1) is 22.2. The van der Waals surface area contributed by atoms with E-state index >= 15 is 0 Å². The fraction of sp³-hybridized carbons (Fsp3) is 0.594. The Morgan fingerprint density at radius 3 is 1.96 bits per heavy atom. The molecule has 1 heterocycles. The summed E-state index contributed by atoms with van der Waals surface area (Å²) in [5.74, 6) is -3.63. The molecule has 0 aromatic heterocycles. The summed E-state index contributed by atoms with van der Waals surface area (Å²) in [6.07, 6.45) is 1.00. The van der Waals surface area contributed by atoms with Crippen molar-refractivity contribution >= 4 is 47.2 Å². The molecule has 0 spiro atoms. The van der Waals surface area contributed by atoms with E-state index in [1.807, 2.05) is 34.6 Å². The average molecular weight is 666 g/mol. The Labute approximate surface area is 278 Å². The normalized spacial score (nSPS) is 13.9. The number of carbonyl (C=O) groups excluding carboxylic acids is 7. The lowest BCUT2D eigenvalue weighted by Gasteiger charge is -2.23. The number of carbonyl (C=O) groups is 7. The first-order valence-electron chi connectivity index (χ1n) is 15.7. The van der Waals surface area contributed by atoms with Crippen LogP contribution in [0, 0.1) is 17.8 Å². The highest BCUT2D eigenvalue weighted by atomic mass is 16.5. The molecule has 0 radical (unpaired) electrons. The lowest BCUT2D eigenvalue weighted by molar-refractivity contribution is -0.144. The SMILES string of the molecule is CC.CC(=O)OCc1ccc(NC(=O)CNC(=O)C(NC(=O)CN2C(=O)CC(C(C)C)C2=O)C(C)C)cc1.CCCNC(N)=O.CN. The molecule has 15 nitrogen and oxygen atoms in total. The van der Waals surface area contributed by atoms with Gasteiger partial charge in [0, 0.05) is 31.5 Å². The third kappa shape index (κ3) is 18.3. The van der Waals surface area contributed by atoms with Gasteiger partial charge in [-0.2, -0.15) is 0 Å². The number of imide groups is 1. The van der Waals surface area contributed by atoms with Crippen LogP contribution in [0.2, 0.25) is 0 Å². The summed E-state index contributed by atoms with van der Waals surface area (Å²) in [6.45, 7) is 14.4. The van der Waals surface area contributed by atoms with Crippen molar-refractivity contribution in [2.24, 2.45) is 29.2 Å². The number of amides is 7. The fourth-order valence-electron chi connectivity index (χ4n) is 3.89. The third-order valence-electron chi connectivity index (χ3n) is 6.30. The van der Waals surface area contributed by atoms with Crippen LogP contribution in [0.5, 0.6) is 0 Å². The van der Waals surface area contributed by atoms with Gasteiger partial charge in [0.25, 0.3) is 0 Å². The number of primary amides is 1. The lowest BCUT2D eigenvalue weighted by Crippen LogP contribution is -2.53. The summed E-state index contributed by atoms with van der Waals surface area (Å²) in [5.41, 5.74) is 10.5. The smallest absolute Gasteiger partial charge is 0.312 e. The molecule has 0 saturated carbocycles. The molecule has 0 bridgehead atoms. The van der Waals surface area contributed by atoms with Gasteiger partial charge in [0.15, 0.2) is 0 Å². The van der Waals surface area contributed by atoms with Gasteiger partial charge < -0.3 is 37.5 Å². The zero-order valence-corrected chi connectivity index (χ0v) is 29.2. The number of likely N-dealkylation sites (tertiary alicyclic amines) is 1. The van der Waals surface area contributed by atoms with Crippen LogP contribution in [-0.4, -0.2) is 79.2 Å². The number of hydrogen-bond acceptors (Lipinski definition) is 9. The molecule has 2 unspecified atom stereocenters. The van der Waals surface area contributed by atoms with Crippen molar-refractivity contribution in [1.82, 2.24) is 20.9 Å². The Hall–Kier alpha value is -4.53. The molecular weight excluding hydrogens is 610 g/mol. The van der Waals surface area contributed by atoms with E-state index in [9.17, 15) is 33.6 Å². The van der Waals surface area contributed by atoms with Gasteiger partial charge in [-0.15, -0.1) is 0 Å². The molecule has 8 N–H and O–H groups in total. The Bertz CT molecular complexity index is 1160. The molecule has 266 valence electrons. The van der Waals surface area contributed by atoms with Crippen LogP contribution in [-0.2, 0) is 40.1 Å². The number of nitrogens with one attached hydrogen (secondary N) is 4. The summed E-state index contributed by atoms with van der Waals surface area (Å²) < 4.78 is 4.90. The van der Waals surface area contributed by atoms with Gasteiger partial charge in [0.2, 0.25) is 29.5 Å². The van der Waals surface area contributed by atoms with E-state index in [0.717, 1.165) is 16.9 Å². The topological polar surface area (TPSA) is 232 Å². The minimum Gasteiger partial charge on any atom is -0.461 e. The highest BCUT2D eigenvalue weighted by molar-refractivity contribution is 6.06. The highest BCUT2D eigenvalue weighted by Gasteiger charge is 2.41. The van der Waals surface area contributed by atoms with Crippen LogP contribution >= 0.6 is 0 Å². The van der Waals surface area contributed by atoms with Crippen molar-refractivity contribution < 1.29 is 38.3 Å². The standard InChI is InChI=1S/C25H34N4O7.C4H10N2O.C2H6.CH5N/c1-14(2)19-10-22(33)29(25(19)35)12-21(32)28-23(15(3)4)24(34)26-11-20(31)27-18-8-6-17(7-9-18)13-36-16(5)30;1-2-3-6-4(5)7;2*1-2/h6-9,14-15,19,23H,10-13H2,1-5H3,(H,26,34)(H,27,31)(H,28,32);2-3H2,1H3,(H3,5,6,7);1-2H3;2H2,1H3. The molecular formula is C32H55N7O8. The number of ether oxygens (including phenoxy) is 1. The molecule has 15 heteroatoms. The highest BCUT2D eigenvalue weighted by Crippen LogP contribution is 2.26. The summed E-state index contributed by atoms with van der Waals surface area (Å²) >= 11 is 0. The molecule has 1 aromatic carbocycles. The van der Waals surface area contributed by atoms with Gasteiger partial charge in [0.05, 0.1) is 6.54 Å². The lowest BCUT2D eigenvalue weighted by atomic mass is 9.94. The van der Waals surface area contributed by atoms with E-state index in [2.05, 4.69) is 27.0 Å². The van der Waals surface area contributed by atoms with Gasteiger partial charge in [-0.3, -0.25) is 33.7 Å². The predicted octanol–water partition coefficient (Wildman–Crippen LogP) is 1.64. The van der Waals surface area contributed by atoms with Crippen LogP contribution in [0.4, 0.5) is 10.5 Å². The van der Waals surface area contributed by atoms with Crippen molar-refractivity contribution in [2.75, 3.05) is 32.0 Å². The Morgan fingerprint density at radius 1 is 0.957 bits per heavy atom. The maximum absolute atomic E-state index is 12.7. The second kappa shape index (κ2) is 24.7. The van der Waals surface area contributed by atoms with E-state index in [-0.39, 0.29) is 37.3 Å². The van der Waals surface area contributed by atoms with Crippen LogP contribution < -0.4 is 32.7 Å². The number of urea groups is 1. The second-order valence-electron chi connectivity index (χ2n) is 10.7. The molecule has 1 aliphatic rings. The molecule has 7 amide bonds. The second-order valence-corrected chi connectivity index (χ2v) is 10.7. The molecule has 2 atom stereocenters. The molecule has 1 saturated heterocycles. The van der Waals surface area contributed by atoms with E-state index < -0.39 is 54.1 Å². The zero-order chi connectivity index (χ0) is 36.7. The van der Waals surface area contributed by atoms with Crippen LogP contribution in [0.25, 0.3) is 0 Å². The van der Waals surface area contributed by atoms with Gasteiger partial charge in [0.1, 0.15) is 19.2 Å². The van der Waals surface area contributed by atoms with Crippen molar-refractivity contribution in [3.05, 3.63) is 29.8 Å². The Kier molecular flexibility index (Phi) is 23.4. The number of hydrogen-bond donors (Lipinski definition) is 6. The fourth-order valence-corrected chi connectivity index (χ4v) is 3.89. The minimum atomic E-state index is -0.959. The molecule has 1 fully saturated rings. The third-order valence-corrected chi connectivity index (χ3v) is 6.30. The number of anilines is 1. The quantitative estimate of drug-likeness (QED) is 0.133. The van der Waals surface area contributed by atoms with Gasteiger partial charge >= 0.3 is 12.0 Å². The molecule has 2 rings (SSSR count). The van der Waals surface area contributed by atoms with E-state index in [1.165, 1.54) is 14.0 Å². The Morgan fingerprint density at radius 2 is 1.53 bits per heavy atom. The van der Waals surface area contributed by atoms with E-state index in [4.69, 9.17) is 10.5 Å². The zero-order valence-electron chi connectivity index (χ0n) is 29.2. The largest absolute Gasteiger partial charge is 0.461 e. The first-order valence-corrected chi connectivity index (χ1v) is 15.7. The number of benzene rings is 1. The van der Waals surface area contributed by atoms with Crippen molar-refractivity contribution in [1.29, 1.82) is 0 Å². The monoisotopic (exact) mass is 665 g/mol. The first kappa shape index (κ1) is 44.6. The van der Waals surface area contributed by atoms with Gasteiger partial charge in [-0.1, -0.05) is 60.6 Å². The molecule has 1 aliphatic heterocycles. The molecule has 47 heavy (non-hydrogen) atoms. The predicted molar refractivity (Wildman–Crippen MR) is 179 cm³/mol. The Balaban J connectivity index is 0. The van der Waals surface area contributed by atoms with Crippen LogP contribution in [0.1, 0.15) is 73.8 Å². The number of nitrogens with zero attached hydrogens (tertiary/aromatic N) is 1. The summed E-state index contributed by atoms with van der Waals surface area (Å²) in [4.78, 5) is 83.7. The summed E-state index contributed by atoms with van der Waals surface area (Å²) in [6, 6.07) is 5.27. The number of esters is 1. The van der Waals surface area contributed by atoms with E-state index in [1.54, 1.807) is 38.1 Å². The van der Waals surface area contributed by atoms with Gasteiger partial charge in [-0.25, -0.2) is 4.79 Å². The van der Waals surface area contributed by atoms with Crippen molar-refractivity contribution in [3.8, 4) is 0 Å². The van der Waals surface area contributed by atoms with Crippen molar-refractivity contribution in [2.45, 2.75) is 80.9 Å². The molecule has 1 aromatic rings. The molecule has 0 aliphatic carbocycles. The maximum atomic E-state index is 12.7. The maximum Gasteiger partial charge on any atom is 0.312 e. The number of nitrogens with two attached hydrogens (primary N) is 2. The summed E-state index contributed by atoms with van der Waals surface area (Å²) in [7, 11) is 1.50. The van der Waals surface area contributed by atoms with Crippen molar-refractivity contribution in [3.63, 3.8) is 0 Å². The van der Waals surface area contributed by atoms with Crippen LogP contribution in [0.3, 0.4) is 0 Å². The number of rotatable bonds is 13. The minimum absolute atomic E-state index is 0.0199. The van der Waals surface area contributed by atoms with E-state index in [0.29, 0.717) is 12.2 Å². The van der Waals surface area contributed by atoms with Crippen LogP contribution in [0.15, 0.2) is 24.3 Å².